The van der Waals surface area contributed by atoms with E-state index >= 15 is 0 Å². The van der Waals surface area contributed by atoms with E-state index in [4.69, 9.17) is 0 Å². The topological polar surface area (TPSA) is 78.5 Å². The van der Waals surface area contributed by atoms with E-state index in [0.29, 0.717) is 5.69 Å². The predicted molar refractivity (Wildman–Crippen MR) is 109 cm³/mol. The molecule has 3 rings (SSSR count). The lowest BCUT2D eigenvalue weighted by molar-refractivity contribution is -0.116. The van der Waals surface area contributed by atoms with Gasteiger partial charge in [0.05, 0.1) is 6.54 Å². The van der Waals surface area contributed by atoms with Crippen LogP contribution in [-0.4, -0.2) is 32.2 Å². The average molecular weight is 402 g/mol. The van der Waals surface area contributed by atoms with Crippen LogP contribution in [0.2, 0.25) is 0 Å². The fourth-order valence-electron chi connectivity index (χ4n) is 2.38. The minimum atomic E-state index is -3.64. The molecule has 140 valence electrons. The van der Waals surface area contributed by atoms with Gasteiger partial charge in [0.2, 0.25) is 5.91 Å². The second-order valence-corrected chi connectivity index (χ2v) is 9.03. The van der Waals surface area contributed by atoms with E-state index in [9.17, 15) is 13.2 Å². The Kier molecular flexibility index (Phi) is 5.90. The van der Waals surface area contributed by atoms with Crippen molar-refractivity contribution >= 4 is 44.3 Å². The third kappa shape index (κ3) is 4.94. The first-order chi connectivity index (χ1) is 12.9. The van der Waals surface area contributed by atoms with Gasteiger partial charge in [-0.2, -0.15) is 4.31 Å². The molecule has 0 aliphatic carbocycles. The number of amides is 1. The first-order valence-corrected chi connectivity index (χ1v) is 10.5. The van der Waals surface area contributed by atoms with Crippen LogP contribution in [0.25, 0.3) is 0 Å². The Morgan fingerprint density at radius 1 is 0.926 bits per heavy atom. The molecule has 0 saturated heterocycles. The molecule has 0 fully saturated rings. The van der Waals surface area contributed by atoms with Gasteiger partial charge in [-0.15, -0.1) is 11.3 Å². The van der Waals surface area contributed by atoms with Crippen LogP contribution < -0.4 is 10.6 Å². The molecule has 1 amide bonds. The molecule has 0 atom stereocenters. The van der Waals surface area contributed by atoms with Crippen LogP contribution in [0.4, 0.5) is 17.1 Å². The number of anilines is 3. The standard InChI is InChI=1S/C19H19N3O3S2/c1-22(27(24,25)19-8-5-13-26-19)14-18(23)21-17-11-9-16(10-12-17)20-15-6-3-2-4-7-15/h2-13,20H,14H2,1H3,(H,21,23). The second-order valence-electron chi connectivity index (χ2n) is 5.81. The minimum absolute atomic E-state index is 0.217. The van der Waals surface area contributed by atoms with Crippen LogP contribution in [-0.2, 0) is 14.8 Å². The third-order valence-electron chi connectivity index (χ3n) is 3.76. The molecule has 3 aromatic rings. The summed E-state index contributed by atoms with van der Waals surface area (Å²) in [6, 6.07) is 20.1. The maximum Gasteiger partial charge on any atom is 0.252 e. The summed E-state index contributed by atoms with van der Waals surface area (Å²) in [5.41, 5.74) is 2.45. The number of hydrogen-bond donors (Lipinski definition) is 2. The summed E-state index contributed by atoms with van der Waals surface area (Å²) >= 11 is 1.12. The van der Waals surface area contributed by atoms with Gasteiger partial charge in [-0.25, -0.2) is 8.42 Å². The molecule has 0 radical (unpaired) electrons. The first-order valence-electron chi connectivity index (χ1n) is 8.17. The third-order valence-corrected chi connectivity index (χ3v) is 6.93. The zero-order valence-corrected chi connectivity index (χ0v) is 16.3. The van der Waals surface area contributed by atoms with Crippen molar-refractivity contribution in [1.29, 1.82) is 0 Å². The molecule has 27 heavy (non-hydrogen) atoms. The molecular formula is C19H19N3O3S2. The lowest BCUT2D eigenvalue weighted by Gasteiger charge is -2.16. The van der Waals surface area contributed by atoms with Crippen molar-refractivity contribution in [1.82, 2.24) is 4.31 Å². The highest BCUT2D eigenvalue weighted by Crippen LogP contribution is 2.21. The Morgan fingerprint density at radius 3 is 2.19 bits per heavy atom. The zero-order chi connectivity index (χ0) is 19.3. The molecule has 2 aromatic carbocycles. The second kappa shape index (κ2) is 8.34. The maximum atomic E-state index is 12.3. The van der Waals surface area contributed by atoms with E-state index in [1.165, 1.54) is 13.1 Å². The molecule has 0 spiro atoms. The Balaban J connectivity index is 1.58. The van der Waals surface area contributed by atoms with Crippen LogP contribution in [0.1, 0.15) is 0 Å². The van der Waals surface area contributed by atoms with Gasteiger partial charge in [-0.3, -0.25) is 4.79 Å². The van der Waals surface area contributed by atoms with Crippen LogP contribution in [0.3, 0.4) is 0 Å². The van der Waals surface area contributed by atoms with Crippen molar-refractivity contribution in [2.75, 3.05) is 24.2 Å². The molecular weight excluding hydrogens is 382 g/mol. The van der Waals surface area contributed by atoms with Crippen LogP contribution in [0.5, 0.6) is 0 Å². The van der Waals surface area contributed by atoms with Crippen LogP contribution >= 0.6 is 11.3 Å². The number of benzene rings is 2. The van der Waals surface area contributed by atoms with Crippen molar-refractivity contribution in [3.8, 4) is 0 Å². The molecule has 1 aromatic heterocycles. The Bertz CT molecular complexity index is 986. The van der Waals surface area contributed by atoms with E-state index in [0.717, 1.165) is 27.0 Å². The molecule has 6 nitrogen and oxygen atoms in total. The summed E-state index contributed by atoms with van der Waals surface area (Å²) in [6.45, 7) is -0.260. The van der Waals surface area contributed by atoms with Gasteiger partial charge in [0, 0.05) is 24.1 Å². The highest BCUT2D eigenvalue weighted by molar-refractivity contribution is 7.91. The molecule has 0 saturated carbocycles. The van der Waals surface area contributed by atoms with Crippen molar-refractivity contribution in [3.63, 3.8) is 0 Å². The summed E-state index contributed by atoms with van der Waals surface area (Å²) in [5, 5.41) is 7.65. The monoisotopic (exact) mass is 401 g/mol. The van der Waals surface area contributed by atoms with Gasteiger partial charge in [-0.1, -0.05) is 24.3 Å². The number of rotatable bonds is 7. The summed E-state index contributed by atoms with van der Waals surface area (Å²) in [4.78, 5) is 12.2. The summed E-state index contributed by atoms with van der Waals surface area (Å²) in [5.74, 6) is -0.401. The summed E-state index contributed by atoms with van der Waals surface area (Å²) < 4.78 is 26.0. The van der Waals surface area contributed by atoms with E-state index in [2.05, 4.69) is 10.6 Å². The van der Waals surface area contributed by atoms with E-state index in [1.807, 2.05) is 42.5 Å². The fraction of sp³-hybridized carbons (Fsp3) is 0.105. The van der Waals surface area contributed by atoms with Crippen molar-refractivity contribution in [2.45, 2.75) is 4.21 Å². The van der Waals surface area contributed by atoms with Gasteiger partial charge >= 0.3 is 0 Å². The van der Waals surface area contributed by atoms with Gasteiger partial charge in [0.15, 0.2) is 0 Å². The summed E-state index contributed by atoms with van der Waals surface area (Å²) in [6.07, 6.45) is 0. The lowest BCUT2D eigenvalue weighted by atomic mass is 10.2. The number of carbonyl (C=O) groups is 1. The molecule has 0 aliphatic rings. The largest absolute Gasteiger partial charge is 0.356 e. The molecule has 8 heteroatoms. The quantitative estimate of drug-likeness (QED) is 0.632. The molecule has 2 N–H and O–H groups in total. The maximum absolute atomic E-state index is 12.3. The smallest absolute Gasteiger partial charge is 0.252 e. The highest BCUT2D eigenvalue weighted by Gasteiger charge is 2.23. The van der Waals surface area contributed by atoms with Crippen LogP contribution in [0.15, 0.2) is 76.3 Å². The SMILES string of the molecule is CN(CC(=O)Nc1ccc(Nc2ccccc2)cc1)S(=O)(=O)c1cccs1. The minimum Gasteiger partial charge on any atom is -0.356 e. The number of para-hydroxylation sites is 1. The van der Waals surface area contributed by atoms with Gasteiger partial charge in [0.25, 0.3) is 10.0 Å². The number of likely N-dealkylation sites (N-methyl/N-ethyl adjacent to an activating group) is 1. The number of carbonyl (C=O) groups excluding carboxylic acids is 1. The number of nitrogens with zero attached hydrogens (tertiary/aromatic N) is 1. The Labute approximate surface area is 162 Å². The Morgan fingerprint density at radius 2 is 1.56 bits per heavy atom. The van der Waals surface area contributed by atoms with Gasteiger partial charge in [0.1, 0.15) is 4.21 Å². The van der Waals surface area contributed by atoms with E-state index in [1.54, 1.807) is 23.6 Å². The van der Waals surface area contributed by atoms with Crippen molar-refractivity contribution in [3.05, 3.63) is 72.1 Å². The molecule has 1 heterocycles. The molecule has 0 aliphatic heterocycles. The van der Waals surface area contributed by atoms with E-state index in [-0.39, 0.29) is 10.8 Å². The molecule has 0 unspecified atom stereocenters. The van der Waals surface area contributed by atoms with E-state index < -0.39 is 15.9 Å². The number of thiophene rings is 1. The number of hydrogen-bond acceptors (Lipinski definition) is 5. The predicted octanol–water partition coefficient (Wildman–Crippen LogP) is 3.75. The fourth-order valence-corrected chi connectivity index (χ4v) is 4.70. The Hall–Kier alpha value is -2.68. The molecule has 0 bridgehead atoms. The van der Waals surface area contributed by atoms with Crippen molar-refractivity contribution < 1.29 is 13.2 Å². The number of sulfonamides is 1. The average Bonchev–Trinajstić information content (AvgIpc) is 3.20. The number of nitrogens with one attached hydrogen (secondary N) is 2. The summed E-state index contributed by atoms with van der Waals surface area (Å²) in [7, 11) is -2.25. The van der Waals surface area contributed by atoms with Crippen molar-refractivity contribution in [2.24, 2.45) is 0 Å². The van der Waals surface area contributed by atoms with Gasteiger partial charge in [-0.05, 0) is 47.8 Å². The zero-order valence-electron chi connectivity index (χ0n) is 14.6. The van der Waals surface area contributed by atoms with Crippen LogP contribution in [0, 0.1) is 0 Å². The van der Waals surface area contributed by atoms with Gasteiger partial charge < -0.3 is 10.6 Å². The normalized spacial score (nSPS) is 11.3. The lowest BCUT2D eigenvalue weighted by Crippen LogP contribution is -2.34. The highest BCUT2D eigenvalue weighted by atomic mass is 32.2. The first kappa shape index (κ1) is 19.1.